The Bertz CT molecular complexity index is 581. The van der Waals surface area contributed by atoms with Crippen molar-refractivity contribution in [3.63, 3.8) is 0 Å². The van der Waals surface area contributed by atoms with Crippen molar-refractivity contribution < 1.29 is 0 Å². The first-order valence-electron chi connectivity index (χ1n) is 7.33. The third-order valence-electron chi connectivity index (χ3n) is 3.87. The van der Waals surface area contributed by atoms with Crippen LogP contribution in [0.25, 0.3) is 0 Å². The lowest BCUT2D eigenvalue weighted by atomic mass is 10.2. The number of aromatic nitrogens is 1. The third kappa shape index (κ3) is 4.04. The van der Waals surface area contributed by atoms with Crippen molar-refractivity contribution in [3.8, 4) is 0 Å². The van der Waals surface area contributed by atoms with Gasteiger partial charge in [0.05, 0.1) is 10.7 Å². The van der Waals surface area contributed by atoms with Gasteiger partial charge in [0.1, 0.15) is 0 Å². The molecule has 2 aromatic rings. The second-order valence-electron chi connectivity index (χ2n) is 5.56. The van der Waals surface area contributed by atoms with E-state index in [1.807, 2.05) is 12.1 Å². The van der Waals surface area contributed by atoms with Crippen molar-refractivity contribution in [2.75, 3.05) is 19.6 Å². The van der Waals surface area contributed by atoms with Crippen molar-refractivity contribution in [2.24, 2.45) is 0 Å². The van der Waals surface area contributed by atoms with E-state index in [4.69, 9.17) is 16.6 Å². The third-order valence-corrected chi connectivity index (χ3v) is 5.02. The van der Waals surface area contributed by atoms with Gasteiger partial charge in [0.2, 0.25) is 0 Å². The fourth-order valence-corrected chi connectivity index (χ4v) is 3.55. The first kappa shape index (κ1) is 15.0. The molecular formula is C16H20ClN3S. The smallest absolute Gasteiger partial charge is 0.0972 e. The number of halogens is 1. The number of hydrogen-bond donors (Lipinski definition) is 1. The highest BCUT2D eigenvalue weighted by Gasteiger charge is 2.18. The fourth-order valence-electron chi connectivity index (χ4n) is 2.61. The molecule has 0 spiro atoms. The molecule has 112 valence electrons. The number of piperazine rings is 1. The molecule has 1 fully saturated rings. The molecule has 1 aliphatic rings. The summed E-state index contributed by atoms with van der Waals surface area (Å²) in [7, 11) is 0. The lowest BCUT2D eigenvalue weighted by Crippen LogP contribution is -2.49. The van der Waals surface area contributed by atoms with Crippen LogP contribution in [0.2, 0.25) is 5.02 Å². The molecule has 0 amide bonds. The van der Waals surface area contributed by atoms with Crippen LogP contribution in [0.15, 0.2) is 29.6 Å². The van der Waals surface area contributed by atoms with Crippen molar-refractivity contribution in [1.29, 1.82) is 0 Å². The van der Waals surface area contributed by atoms with Crippen LogP contribution in [0, 0.1) is 0 Å². The number of nitrogens with zero attached hydrogens (tertiary/aromatic N) is 2. The molecule has 0 radical (unpaired) electrons. The summed E-state index contributed by atoms with van der Waals surface area (Å²) in [5.74, 6) is 0. The maximum atomic E-state index is 5.92. The lowest BCUT2D eigenvalue weighted by molar-refractivity contribution is 0.164. The minimum atomic E-state index is 0.583. The van der Waals surface area contributed by atoms with Crippen LogP contribution in [0.3, 0.4) is 0 Å². The Balaban J connectivity index is 1.61. The summed E-state index contributed by atoms with van der Waals surface area (Å²) in [6.45, 7) is 6.48. The molecule has 2 heterocycles. The van der Waals surface area contributed by atoms with Gasteiger partial charge >= 0.3 is 0 Å². The van der Waals surface area contributed by atoms with Crippen LogP contribution in [0.4, 0.5) is 0 Å². The molecule has 5 heteroatoms. The van der Waals surface area contributed by atoms with Gasteiger partial charge in [-0.2, -0.15) is 0 Å². The molecule has 1 aromatic heterocycles. The zero-order chi connectivity index (χ0) is 14.7. The number of benzene rings is 1. The standard InChI is InChI=1S/C16H20ClN3S/c1-12-9-18-6-7-20(12)10-15-11-21-16(19-15)8-13-2-4-14(17)5-3-13/h2-5,11-12,18H,6-10H2,1H3/t12-/m1/s1. The van der Waals surface area contributed by atoms with E-state index in [0.29, 0.717) is 6.04 Å². The SMILES string of the molecule is C[C@@H]1CNCCN1Cc1csc(Cc2ccc(Cl)cc2)n1. The Morgan fingerprint density at radius 1 is 1.38 bits per heavy atom. The zero-order valence-electron chi connectivity index (χ0n) is 12.2. The van der Waals surface area contributed by atoms with Crippen LogP contribution in [-0.4, -0.2) is 35.6 Å². The minimum Gasteiger partial charge on any atom is -0.314 e. The normalized spacial score (nSPS) is 19.8. The van der Waals surface area contributed by atoms with Crippen molar-refractivity contribution in [1.82, 2.24) is 15.2 Å². The monoisotopic (exact) mass is 321 g/mol. The molecule has 3 rings (SSSR count). The van der Waals surface area contributed by atoms with Crippen LogP contribution in [-0.2, 0) is 13.0 Å². The lowest BCUT2D eigenvalue weighted by Gasteiger charge is -2.33. The summed E-state index contributed by atoms with van der Waals surface area (Å²) in [6.07, 6.45) is 0.888. The molecule has 1 aliphatic heterocycles. The highest BCUT2D eigenvalue weighted by molar-refractivity contribution is 7.09. The highest BCUT2D eigenvalue weighted by Crippen LogP contribution is 2.18. The first-order chi connectivity index (χ1) is 10.2. The molecule has 1 aromatic carbocycles. The quantitative estimate of drug-likeness (QED) is 0.937. The van der Waals surface area contributed by atoms with Crippen LogP contribution in [0.1, 0.15) is 23.2 Å². The van der Waals surface area contributed by atoms with Crippen molar-refractivity contribution >= 4 is 22.9 Å². The van der Waals surface area contributed by atoms with Gasteiger partial charge in [-0.3, -0.25) is 4.90 Å². The summed E-state index contributed by atoms with van der Waals surface area (Å²) >= 11 is 7.67. The summed E-state index contributed by atoms with van der Waals surface area (Å²) in [6, 6.07) is 8.60. The highest BCUT2D eigenvalue weighted by atomic mass is 35.5. The van der Waals surface area contributed by atoms with E-state index >= 15 is 0 Å². The zero-order valence-corrected chi connectivity index (χ0v) is 13.8. The van der Waals surface area contributed by atoms with Gasteiger partial charge in [-0.25, -0.2) is 4.98 Å². The van der Waals surface area contributed by atoms with E-state index in [1.165, 1.54) is 16.3 Å². The summed E-state index contributed by atoms with van der Waals surface area (Å²) in [4.78, 5) is 7.28. The van der Waals surface area contributed by atoms with E-state index in [0.717, 1.165) is 37.6 Å². The molecular weight excluding hydrogens is 302 g/mol. The van der Waals surface area contributed by atoms with E-state index < -0.39 is 0 Å². The second-order valence-corrected chi connectivity index (χ2v) is 6.94. The second kappa shape index (κ2) is 6.88. The molecule has 1 saturated heterocycles. The predicted octanol–water partition coefficient (Wildman–Crippen LogP) is 3.18. The van der Waals surface area contributed by atoms with E-state index in [2.05, 4.69) is 34.7 Å². The number of rotatable bonds is 4. The topological polar surface area (TPSA) is 28.2 Å². The van der Waals surface area contributed by atoms with Gasteiger partial charge in [-0.1, -0.05) is 23.7 Å². The molecule has 0 unspecified atom stereocenters. The maximum absolute atomic E-state index is 5.92. The Morgan fingerprint density at radius 2 is 2.19 bits per heavy atom. The Labute approximate surface area is 135 Å². The number of hydrogen-bond acceptors (Lipinski definition) is 4. The van der Waals surface area contributed by atoms with Crippen molar-refractivity contribution in [2.45, 2.75) is 25.9 Å². The van der Waals surface area contributed by atoms with E-state index in [-0.39, 0.29) is 0 Å². The number of thiazole rings is 1. The Morgan fingerprint density at radius 3 is 2.95 bits per heavy atom. The van der Waals surface area contributed by atoms with Gasteiger partial charge in [0.15, 0.2) is 0 Å². The average Bonchev–Trinajstić information content (AvgIpc) is 2.91. The van der Waals surface area contributed by atoms with Gasteiger partial charge in [0, 0.05) is 49.0 Å². The predicted molar refractivity (Wildman–Crippen MR) is 89.1 cm³/mol. The van der Waals surface area contributed by atoms with Gasteiger partial charge < -0.3 is 5.32 Å². The maximum Gasteiger partial charge on any atom is 0.0972 e. The fraction of sp³-hybridized carbons (Fsp3) is 0.438. The van der Waals surface area contributed by atoms with E-state index in [9.17, 15) is 0 Å². The molecule has 0 aliphatic carbocycles. The molecule has 3 nitrogen and oxygen atoms in total. The van der Waals surface area contributed by atoms with Gasteiger partial charge in [-0.05, 0) is 24.6 Å². The summed E-state index contributed by atoms with van der Waals surface area (Å²) < 4.78 is 0. The molecule has 1 N–H and O–H groups in total. The first-order valence-corrected chi connectivity index (χ1v) is 8.59. The summed E-state index contributed by atoms with van der Waals surface area (Å²) in [5, 5.41) is 7.58. The summed E-state index contributed by atoms with van der Waals surface area (Å²) in [5.41, 5.74) is 2.45. The Hall–Kier alpha value is -0.940. The van der Waals surface area contributed by atoms with E-state index in [1.54, 1.807) is 11.3 Å². The number of nitrogens with one attached hydrogen (secondary N) is 1. The van der Waals surface area contributed by atoms with Gasteiger partial charge in [-0.15, -0.1) is 11.3 Å². The molecule has 21 heavy (non-hydrogen) atoms. The van der Waals surface area contributed by atoms with Crippen LogP contribution >= 0.6 is 22.9 Å². The van der Waals surface area contributed by atoms with Gasteiger partial charge in [0.25, 0.3) is 0 Å². The average molecular weight is 322 g/mol. The van der Waals surface area contributed by atoms with Crippen molar-refractivity contribution in [3.05, 3.63) is 50.9 Å². The van der Waals surface area contributed by atoms with Crippen LogP contribution in [0.5, 0.6) is 0 Å². The molecule has 0 saturated carbocycles. The molecule has 0 bridgehead atoms. The Kier molecular flexibility index (Phi) is 4.91. The van der Waals surface area contributed by atoms with Crippen LogP contribution < -0.4 is 5.32 Å². The minimum absolute atomic E-state index is 0.583. The largest absolute Gasteiger partial charge is 0.314 e. The molecule has 1 atom stereocenters.